The van der Waals surface area contributed by atoms with Crippen LogP contribution in [-0.4, -0.2) is 0 Å². The maximum atomic E-state index is 2.32. The van der Waals surface area contributed by atoms with Gasteiger partial charge in [-0.05, 0) is 123 Å². The molecule has 6 rings (SSSR count). The summed E-state index contributed by atoms with van der Waals surface area (Å²) in [5.74, 6) is 0. The smallest absolute Gasteiger partial charge is 0.0464 e. The van der Waals surface area contributed by atoms with Crippen LogP contribution in [0.15, 0.2) is 146 Å². The molecule has 0 aromatic heterocycles. The predicted molar refractivity (Wildman–Crippen MR) is 180 cm³/mol. The molecule has 6 aromatic carbocycles. The molecule has 0 atom stereocenters. The Morgan fingerprint density at radius 2 is 0.595 bits per heavy atom. The largest absolute Gasteiger partial charge is 0.310 e. The fourth-order valence-electron chi connectivity index (χ4n) is 5.42. The van der Waals surface area contributed by atoms with Crippen molar-refractivity contribution in [3.8, 4) is 11.1 Å². The Kier molecular flexibility index (Phi) is 7.62. The minimum absolute atomic E-state index is 1.13. The topological polar surface area (TPSA) is 6.48 Å². The van der Waals surface area contributed by atoms with Crippen LogP contribution in [0.1, 0.15) is 22.3 Å². The van der Waals surface area contributed by atoms with Gasteiger partial charge in [-0.2, -0.15) is 0 Å². The normalized spacial score (nSPS) is 10.9. The second-order valence-electron chi connectivity index (χ2n) is 11.1. The number of nitrogens with zero attached hydrogens (tertiary/aromatic N) is 2. The lowest BCUT2D eigenvalue weighted by molar-refractivity contribution is 1.26. The van der Waals surface area contributed by atoms with Crippen molar-refractivity contribution in [2.75, 3.05) is 9.80 Å². The highest BCUT2D eigenvalue weighted by Crippen LogP contribution is 2.38. The van der Waals surface area contributed by atoms with Crippen LogP contribution in [0.4, 0.5) is 34.1 Å². The van der Waals surface area contributed by atoms with Crippen molar-refractivity contribution in [3.05, 3.63) is 168 Å². The zero-order valence-electron chi connectivity index (χ0n) is 24.8. The third-order valence-corrected chi connectivity index (χ3v) is 7.69. The number of hydrogen-bond donors (Lipinski definition) is 0. The molecule has 0 amide bonds. The fourth-order valence-corrected chi connectivity index (χ4v) is 5.42. The van der Waals surface area contributed by atoms with Crippen molar-refractivity contribution in [3.63, 3.8) is 0 Å². The monoisotopic (exact) mass is 544 g/mol. The number of anilines is 6. The third kappa shape index (κ3) is 5.84. The molecule has 6 aromatic rings. The number of benzene rings is 6. The maximum absolute atomic E-state index is 2.32. The molecule has 2 heteroatoms. The molecule has 2 nitrogen and oxygen atoms in total. The van der Waals surface area contributed by atoms with E-state index in [1.54, 1.807) is 0 Å². The van der Waals surface area contributed by atoms with E-state index in [4.69, 9.17) is 0 Å². The van der Waals surface area contributed by atoms with Crippen molar-refractivity contribution >= 4 is 34.1 Å². The quantitative estimate of drug-likeness (QED) is 0.197. The lowest BCUT2D eigenvalue weighted by Gasteiger charge is -2.26. The van der Waals surface area contributed by atoms with Crippen molar-refractivity contribution in [2.45, 2.75) is 27.7 Å². The summed E-state index contributed by atoms with van der Waals surface area (Å²) in [5, 5.41) is 0. The van der Waals surface area contributed by atoms with Gasteiger partial charge in [-0.1, -0.05) is 83.9 Å². The molecule has 0 aliphatic carbocycles. The number of aryl methyl sites for hydroxylation is 4. The highest BCUT2D eigenvalue weighted by atomic mass is 15.1. The van der Waals surface area contributed by atoms with Crippen molar-refractivity contribution in [2.24, 2.45) is 0 Å². The van der Waals surface area contributed by atoms with E-state index in [0.717, 1.165) is 34.1 Å². The first-order valence-electron chi connectivity index (χ1n) is 14.5. The maximum Gasteiger partial charge on any atom is 0.0464 e. The van der Waals surface area contributed by atoms with E-state index in [1.807, 2.05) is 0 Å². The molecule has 0 N–H and O–H groups in total. The Morgan fingerprint density at radius 1 is 0.286 bits per heavy atom. The molecular weight excluding hydrogens is 508 g/mol. The van der Waals surface area contributed by atoms with E-state index in [-0.39, 0.29) is 0 Å². The lowest BCUT2D eigenvalue weighted by atomic mass is 10.0. The van der Waals surface area contributed by atoms with E-state index in [0.29, 0.717) is 0 Å². The molecule has 42 heavy (non-hydrogen) atoms. The first-order valence-corrected chi connectivity index (χ1v) is 14.5. The van der Waals surface area contributed by atoms with Gasteiger partial charge < -0.3 is 9.80 Å². The van der Waals surface area contributed by atoms with E-state index in [1.165, 1.54) is 33.4 Å². The highest BCUT2D eigenvalue weighted by molar-refractivity contribution is 5.81. The molecule has 0 bridgehead atoms. The Morgan fingerprint density at radius 3 is 0.905 bits per heavy atom. The van der Waals surface area contributed by atoms with E-state index in [9.17, 15) is 0 Å². The highest BCUT2D eigenvalue weighted by Gasteiger charge is 2.15. The van der Waals surface area contributed by atoms with E-state index >= 15 is 0 Å². The molecule has 206 valence electrons. The Hall–Kier alpha value is -5.08. The fraction of sp³-hybridized carbons (Fsp3) is 0.100. The van der Waals surface area contributed by atoms with Crippen LogP contribution in [0.2, 0.25) is 0 Å². The summed E-state index contributed by atoms with van der Waals surface area (Å²) < 4.78 is 0. The van der Waals surface area contributed by atoms with Gasteiger partial charge in [0.05, 0.1) is 0 Å². The average molecular weight is 545 g/mol. The Balaban J connectivity index is 1.32. The summed E-state index contributed by atoms with van der Waals surface area (Å²) in [7, 11) is 0. The summed E-state index contributed by atoms with van der Waals surface area (Å²) >= 11 is 0. The predicted octanol–water partition coefficient (Wildman–Crippen LogP) is 11.5. The summed E-state index contributed by atoms with van der Waals surface area (Å²) in [6.07, 6.45) is 0. The molecule has 0 unspecified atom stereocenters. The molecule has 0 aliphatic rings. The van der Waals surface area contributed by atoms with Gasteiger partial charge in [-0.25, -0.2) is 0 Å². The Bertz CT molecular complexity index is 1650. The standard InChI is InChI=1S/C40H36N2/c1-29-11-19-35(20-12-29)41(39-9-5-7-31(3)27-39)37-23-15-33(16-24-37)34-17-25-38(26-18-34)42(36-21-13-30(2)14-22-36)40-10-6-8-32(4)28-40/h5-28H,1-4H3. The minimum Gasteiger partial charge on any atom is -0.310 e. The van der Waals surface area contributed by atoms with Crippen LogP contribution in [0.5, 0.6) is 0 Å². The SMILES string of the molecule is Cc1ccc(N(c2ccc(-c3ccc(N(c4ccc(C)cc4)c4cccc(C)c4)cc3)cc2)c2cccc(C)c2)cc1. The van der Waals surface area contributed by atoms with Gasteiger partial charge in [-0.15, -0.1) is 0 Å². The van der Waals surface area contributed by atoms with Crippen LogP contribution in [0, 0.1) is 27.7 Å². The number of rotatable bonds is 7. The third-order valence-electron chi connectivity index (χ3n) is 7.69. The van der Waals surface area contributed by atoms with Crippen LogP contribution in [0.25, 0.3) is 11.1 Å². The van der Waals surface area contributed by atoms with Gasteiger partial charge in [-0.3, -0.25) is 0 Å². The summed E-state index contributed by atoms with van der Waals surface area (Å²) in [6, 6.07) is 52.6. The van der Waals surface area contributed by atoms with Crippen molar-refractivity contribution in [1.82, 2.24) is 0 Å². The lowest BCUT2D eigenvalue weighted by Crippen LogP contribution is -2.10. The second kappa shape index (κ2) is 11.8. The molecule has 0 saturated carbocycles. The van der Waals surface area contributed by atoms with Gasteiger partial charge in [0.15, 0.2) is 0 Å². The average Bonchev–Trinajstić information content (AvgIpc) is 3.00. The zero-order valence-corrected chi connectivity index (χ0v) is 24.8. The van der Waals surface area contributed by atoms with Gasteiger partial charge in [0.1, 0.15) is 0 Å². The first-order chi connectivity index (χ1) is 20.4. The van der Waals surface area contributed by atoms with E-state index in [2.05, 4.69) is 183 Å². The molecular formula is C40H36N2. The van der Waals surface area contributed by atoms with Crippen molar-refractivity contribution < 1.29 is 0 Å². The summed E-state index contributed by atoms with van der Waals surface area (Å²) in [6.45, 7) is 8.54. The molecule has 0 radical (unpaired) electrons. The second-order valence-corrected chi connectivity index (χ2v) is 11.1. The first kappa shape index (κ1) is 27.1. The van der Waals surface area contributed by atoms with Gasteiger partial charge in [0.25, 0.3) is 0 Å². The van der Waals surface area contributed by atoms with Crippen LogP contribution < -0.4 is 9.80 Å². The van der Waals surface area contributed by atoms with Crippen molar-refractivity contribution in [1.29, 1.82) is 0 Å². The molecule has 0 heterocycles. The van der Waals surface area contributed by atoms with Crippen LogP contribution in [0.3, 0.4) is 0 Å². The molecule has 0 fully saturated rings. The van der Waals surface area contributed by atoms with Crippen LogP contribution in [-0.2, 0) is 0 Å². The summed E-state index contributed by atoms with van der Waals surface area (Å²) in [5.41, 5.74) is 14.3. The molecule has 0 spiro atoms. The Labute approximate surface area is 250 Å². The van der Waals surface area contributed by atoms with Gasteiger partial charge >= 0.3 is 0 Å². The molecule has 0 aliphatic heterocycles. The van der Waals surface area contributed by atoms with Gasteiger partial charge in [0, 0.05) is 34.1 Å². The van der Waals surface area contributed by atoms with Crippen LogP contribution >= 0.6 is 0 Å². The molecule has 0 saturated heterocycles. The minimum atomic E-state index is 1.13. The summed E-state index contributed by atoms with van der Waals surface area (Å²) in [4.78, 5) is 4.64. The number of hydrogen-bond acceptors (Lipinski definition) is 2. The van der Waals surface area contributed by atoms with Gasteiger partial charge in [0.2, 0.25) is 0 Å². The van der Waals surface area contributed by atoms with E-state index < -0.39 is 0 Å². The zero-order chi connectivity index (χ0) is 29.1.